The Morgan fingerprint density at radius 3 is 2.75 bits per heavy atom. The van der Waals surface area contributed by atoms with Crippen molar-refractivity contribution in [3.05, 3.63) is 35.6 Å². The zero-order valence-corrected chi connectivity index (χ0v) is 9.13. The maximum absolute atomic E-state index is 13.9. The molecule has 1 fully saturated rings. The lowest BCUT2D eigenvalue weighted by molar-refractivity contribution is 0.175. The smallest absolute Gasteiger partial charge is 0.138 e. The number of nitrogens with one attached hydrogen (secondary N) is 1. The van der Waals surface area contributed by atoms with Gasteiger partial charge in [-0.1, -0.05) is 12.1 Å². The quantitative estimate of drug-likeness (QED) is 0.844. The molecule has 1 aliphatic heterocycles. The lowest BCUT2D eigenvalue weighted by atomic mass is 10.1. The molecule has 1 unspecified atom stereocenters. The molecule has 1 N–H and O–H groups in total. The Hall–Kier alpha value is -1.00. The van der Waals surface area contributed by atoms with E-state index in [1.165, 1.54) is 12.1 Å². The van der Waals surface area contributed by atoms with E-state index < -0.39 is 6.17 Å². The van der Waals surface area contributed by atoms with E-state index in [0.29, 0.717) is 12.1 Å². The van der Waals surface area contributed by atoms with Gasteiger partial charge in [-0.2, -0.15) is 0 Å². The first-order chi connectivity index (χ1) is 7.75. The maximum atomic E-state index is 13.9. The molecule has 0 aliphatic carbocycles. The third-order valence-electron chi connectivity index (χ3n) is 2.84. The van der Waals surface area contributed by atoms with Crippen LogP contribution in [0.2, 0.25) is 0 Å². The molecule has 1 aromatic carbocycles. The van der Waals surface area contributed by atoms with Gasteiger partial charge in [0, 0.05) is 32.7 Å². The Morgan fingerprint density at radius 1 is 1.31 bits per heavy atom. The molecular weight excluding hydrogens is 210 g/mol. The summed E-state index contributed by atoms with van der Waals surface area (Å²) in [5.74, 6) is -0.375. The molecule has 4 heteroatoms. The van der Waals surface area contributed by atoms with Gasteiger partial charge in [0.15, 0.2) is 0 Å². The molecule has 1 heterocycles. The number of hydrogen-bond acceptors (Lipinski definition) is 2. The molecule has 16 heavy (non-hydrogen) atoms. The predicted octanol–water partition coefficient (Wildman–Crippen LogP) is 1.74. The molecule has 1 aromatic rings. The number of halogens is 2. The maximum Gasteiger partial charge on any atom is 0.138 e. The van der Waals surface area contributed by atoms with Gasteiger partial charge in [0.2, 0.25) is 0 Å². The van der Waals surface area contributed by atoms with Crippen LogP contribution in [0.5, 0.6) is 0 Å². The minimum Gasteiger partial charge on any atom is -0.314 e. The van der Waals surface area contributed by atoms with Gasteiger partial charge < -0.3 is 5.32 Å². The zero-order valence-electron chi connectivity index (χ0n) is 9.13. The molecular formula is C12H16F2N2. The average molecular weight is 226 g/mol. The first-order valence-corrected chi connectivity index (χ1v) is 5.58. The normalized spacial score (nSPS) is 19.6. The molecule has 1 aliphatic rings. The van der Waals surface area contributed by atoms with E-state index in [1.54, 1.807) is 12.1 Å². The second-order valence-corrected chi connectivity index (χ2v) is 4.07. The topological polar surface area (TPSA) is 15.3 Å². The third kappa shape index (κ3) is 3.00. The van der Waals surface area contributed by atoms with E-state index in [2.05, 4.69) is 10.2 Å². The van der Waals surface area contributed by atoms with E-state index >= 15 is 0 Å². The van der Waals surface area contributed by atoms with Gasteiger partial charge in [-0.15, -0.1) is 0 Å². The van der Waals surface area contributed by atoms with Crippen LogP contribution < -0.4 is 5.32 Å². The zero-order chi connectivity index (χ0) is 11.4. The molecule has 0 spiro atoms. The third-order valence-corrected chi connectivity index (χ3v) is 2.84. The summed E-state index contributed by atoms with van der Waals surface area (Å²) in [6.45, 7) is 3.86. The molecule has 0 bridgehead atoms. The van der Waals surface area contributed by atoms with Crippen LogP contribution >= 0.6 is 0 Å². The van der Waals surface area contributed by atoms with Crippen molar-refractivity contribution in [2.24, 2.45) is 0 Å². The Morgan fingerprint density at radius 2 is 2.06 bits per heavy atom. The Kier molecular flexibility index (Phi) is 3.85. The first-order valence-electron chi connectivity index (χ1n) is 5.58. The average Bonchev–Trinajstić information content (AvgIpc) is 2.30. The van der Waals surface area contributed by atoms with Crippen molar-refractivity contribution in [1.29, 1.82) is 0 Å². The lowest BCUT2D eigenvalue weighted by Gasteiger charge is -2.28. The van der Waals surface area contributed by atoms with Crippen LogP contribution in [0.3, 0.4) is 0 Å². The predicted molar refractivity (Wildman–Crippen MR) is 59.6 cm³/mol. The van der Waals surface area contributed by atoms with Crippen molar-refractivity contribution in [2.75, 3.05) is 32.7 Å². The summed E-state index contributed by atoms with van der Waals surface area (Å²) < 4.78 is 26.8. The van der Waals surface area contributed by atoms with Gasteiger partial charge in [0.1, 0.15) is 12.0 Å². The molecule has 0 aromatic heterocycles. The molecule has 2 rings (SSSR count). The minimum absolute atomic E-state index is 0.352. The highest BCUT2D eigenvalue weighted by Gasteiger charge is 2.17. The second-order valence-electron chi connectivity index (χ2n) is 4.07. The van der Waals surface area contributed by atoms with Gasteiger partial charge >= 0.3 is 0 Å². The van der Waals surface area contributed by atoms with Crippen molar-refractivity contribution in [3.8, 4) is 0 Å². The van der Waals surface area contributed by atoms with Gasteiger partial charge in [0.25, 0.3) is 0 Å². The fourth-order valence-electron chi connectivity index (χ4n) is 1.93. The number of piperazine rings is 1. The number of benzene rings is 1. The van der Waals surface area contributed by atoms with Crippen molar-refractivity contribution < 1.29 is 8.78 Å². The van der Waals surface area contributed by atoms with E-state index in [-0.39, 0.29) is 5.82 Å². The van der Waals surface area contributed by atoms with Crippen LogP contribution in [0.15, 0.2) is 24.3 Å². The summed E-state index contributed by atoms with van der Waals surface area (Å²) in [7, 11) is 0. The SMILES string of the molecule is Fc1cccc(C(F)CN2CCNCC2)c1. The monoisotopic (exact) mass is 226 g/mol. The fourth-order valence-corrected chi connectivity index (χ4v) is 1.93. The number of rotatable bonds is 3. The van der Waals surface area contributed by atoms with Gasteiger partial charge in [-0.05, 0) is 17.7 Å². The summed E-state index contributed by atoms with van der Waals surface area (Å²) >= 11 is 0. The van der Waals surface area contributed by atoms with Crippen LogP contribution in [0.1, 0.15) is 11.7 Å². The molecule has 2 nitrogen and oxygen atoms in total. The van der Waals surface area contributed by atoms with Crippen LogP contribution in [0.4, 0.5) is 8.78 Å². The van der Waals surface area contributed by atoms with Crippen molar-refractivity contribution >= 4 is 0 Å². The highest BCUT2D eigenvalue weighted by atomic mass is 19.1. The van der Waals surface area contributed by atoms with Crippen LogP contribution in [-0.2, 0) is 0 Å². The molecule has 1 saturated heterocycles. The standard InChI is InChI=1S/C12H16F2N2/c13-11-3-1-2-10(8-11)12(14)9-16-6-4-15-5-7-16/h1-3,8,12,15H,4-7,9H2. The van der Waals surface area contributed by atoms with Gasteiger partial charge in [-0.3, -0.25) is 4.90 Å². The molecule has 0 amide bonds. The second kappa shape index (κ2) is 5.37. The van der Waals surface area contributed by atoms with E-state index in [4.69, 9.17) is 0 Å². The Bertz CT molecular complexity index is 338. The minimum atomic E-state index is -1.10. The fraction of sp³-hybridized carbons (Fsp3) is 0.500. The largest absolute Gasteiger partial charge is 0.314 e. The van der Waals surface area contributed by atoms with Crippen molar-refractivity contribution in [3.63, 3.8) is 0 Å². The molecule has 1 atom stereocenters. The summed E-state index contributed by atoms with van der Waals surface area (Å²) in [5.41, 5.74) is 0.429. The summed E-state index contributed by atoms with van der Waals surface area (Å²) in [6, 6.07) is 5.79. The number of alkyl halides is 1. The number of hydrogen-bond donors (Lipinski definition) is 1. The lowest BCUT2D eigenvalue weighted by Crippen LogP contribution is -2.44. The highest BCUT2D eigenvalue weighted by Crippen LogP contribution is 2.19. The van der Waals surface area contributed by atoms with Gasteiger partial charge in [0.05, 0.1) is 0 Å². The summed E-state index contributed by atoms with van der Waals surface area (Å²) in [6.07, 6.45) is -1.10. The Balaban J connectivity index is 1.94. The highest BCUT2D eigenvalue weighted by molar-refractivity contribution is 5.19. The van der Waals surface area contributed by atoms with Crippen LogP contribution in [0.25, 0.3) is 0 Å². The van der Waals surface area contributed by atoms with E-state index in [9.17, 15) is 8.78 Å². The van der Waals surface area contributed by atoms with E-state index in [0.717, 1.165) is 26.2 Å². The summed E-state index contributed by atoms with van der Waals surface area (Å²) in [5, 5.41) is 3.21. The van der Waals surface area contributed by atoms with Crippen molar-refractivity contribution in [1.82, 2.24) is 10.2 Å². The molecule has 0 radical (unpaired) electrons. The first kappa shape index (κ1) is 11.5. The Labute approximate surface area is 94.3 Å². The van der Waals surface area contributed by atoms with Gasteiger partial charge in [-0.25, -0.2) is 8.78 Å². The molecule has 88 valence electrons. The van der Waals surface area contributed by atoms with E-state index in [1.807, 2.05) is 0 Å². The van der Waals surface area contributed by atoms with Crippen LogP contribution in [0, 0.1) is 5.82 Å². The molecule has 0 saturated carbocycles. The number of nitrogens with zero attached hydrogens (tertiary/aromatic N) is 1. The van der Waals surface area contributed by atoms with Crippen molar-refractivity contribution in [2.45, 2.75) is 6.17 Å². The summed E-state index contributed by atoms with van der Waals surface area (Å²) in [4.78, 5) is 2.06. The van der Waals surface area contributed by atoms with Crippen LogP contribution in [-0.4, -0.2) is 37.6 Å².